The molecule has 3 nitrogen and oxygen atoms in total. The SMILES string of the molecule is C=C(c1ccc(N=C(CCCCCCC)c2ccc(C(F)(F)F)cc2)cc1)N1CCC(N)C1. The van der Waals surface area contributed by atoms with Crippen molar-refractivity contribution in [2.45, 2.75) is 64.1 Å². The Balaban J connectivity index is 1.77. The van der Waals surface area contributed by atoms with Gasteiger partial charge in [0.05, 0.1) is 11.3 Å². The van der Waals surface area contributed by atoms with Crippen LogP contribution in [0.5, 0.6) is 0 Å². The van der Waals surface area contributed by atoms with Crippen LogP contribution in [0.3, 0.4) is 0 Å². The second-order valence-electron chi connectivity index (χ2n) is 8.79. The van der Waals surface area contributed by atoms with Gasteiger partial charge in [-0.15, -0.1) is 0 Å². The first-order chi connectivity index (χ1) is 15.8. The molecule has 1 heterocycles. The first kappa shape index (κ1) is 25.0. The molecule has 3 rings (SSSR count). The number of halogens is 3. The zero-order chi connectivity index (χ0) is 23.8. The van der Waals surface area contributed by atoms with Gasteiger partial charge in [-0.25, -0.2) is 0 Å². The second-order valence-corrected chi connectivity index (χ2v) is 8.79. The van der Waals surface area contributed by atoms with E-state index in [4.69, 9.17) is 10.7 Å². The van der Waals surface area contributed by atoms with E-state index in [1.54, 1.807) is 0 Å². The fourth-order valence-electron chi connectivity index (χ4n) is 4.11. The smallest absolute Gasteiger partial charge is 0.370 e. The van der Waals surface area contributed by atoms with Crippen molar-refractivity contribution in [1.82, 2.24) is 4.90 Å². The number of unbranched alkanes of at least 4 members (excludes halogenated alkanes) is 4. The average Bonchev–Trinajstić information content (AvgIpc) is 3.24. The summed E-state index contributed by atoms with van der Waals surface area (Å²) in [6, 6.07) is 13.4. The van der Waals surface area contributed by atoms with Crippen molar-refractivity contribution in [3.63, 3.8) is 0 Å². The Bertz CT molecular complexity index is 931. The molecule has 2 aromatic carbocycles. The molecule has 0 saturated carbocycles. The van der Waals surface area contributed by atoms with Crippen molar-refractivity contribution in [3.05, 3.63) is 71.8 Å². The van der Waals surface area contributed by atoms with Crippen LogP contribution in [0.2, 0.25) is 0 Å². The molecule has 2 N–H and O–H groups in total. The van der Waals surface area contributed by atoms with Gasteiger partial charge in [0.15, 0.2) is 0 Å². The van der Waals surface area contributed by atoms with Crippen LogP contribution in [0.15, 0.2) is 60.1 Å². The normalized spacial score (nSPS) is 16.9. The van der Waals surface area contributed by atoms with Crippen molar-refractivity contribution in [2.75, 3.05) is 13.1 Å². The molecule has 0 amide bonds. The Morgan fingerprint density at radius 2 is 1.64 bits per heavy atom. The molecule has 0 spiro atoms. The quantitative estimate of drug-likeness (QED) is 0.303. The fraction of sp³-hybridized carbons (Fsp3) is 0.444. The van der Waals surface area contributed by atoms with Gasteiger partial charge in [-0.2, -0.15) is 13.2 Å². The van der Waals surface area contributed by atoms with Crippen molar-refractivity contribution in [1.29, 1.82) is 0 Å². The van der Waals surface area contributed by atoms with Crippen LogP contribution in [0, 0.1) is 0 Å². The highest BCUT2D eigenvalue weighted by Crippen LogP contribution is 2.30. The standard InChI is InChI=1S/C27H34F3N3/c1-3-4-5-6-7-8-26(22-9-13-23(14-10-22)27(28,29)30)32-25-15-11-21(12-16-25)20(2)33-18-17-24(31)19-33/h9-16,24H,2-8,17-19,31H2,1H3. The number of benzene rings is 2. The van der Waals surface area contributed by atoms with Gasteiger partial charge < -0.3 is 10.6 Å². The van der Waals surface area contributed by atoms with Crippen LogP contribution in [0.25, 0.3) is 5.70 Å². The Hall–Kier alpha value is -2.60. The van der Waals surface area contributed by atoms with Crippen molar-refractivity contribution < 1.29 is 13.2 Å². The summed E-state index contributed by atoms with van der Waals surface area (Å²) < 4.78 is 38.9. The predicted octanol–water partition coefficient (Wildman–Crippen LogP) is 7.19. The van der Waals surface area contributed by atoms with Crippen LogP contribution in [0.1, 0.15) is 68.6 Å². The minimum Gasteiger partial charge on any atom is -0.370 e. The third-order valence-electron chi connectivity index (χ3n) is 6.13. The van der Waals surface area contributed by atoms with Crippen molar-refractivity contribution in [2.24, 2.45) is 10.7 Å². The molecule has 6 heteroatoms. The number of hydrogen-bond donors (Lipinski definition) is 1. The summed E-state index contributed by atoms with van der Waals surface area (Å²) in [6.45, 7) is 8.11. The van der Waals surface area contributed by atoms with Gasteiger partial charge in [-0.3, -0.25) is 4.99 Å². The molecule has 0 bridgehead atoms. The summed E-state index contributed by atoms with van der Waals surface area (Å²) in [6.07, 6.45) is 2.93. The monoisotopic (exact) mass is 457 g/mol. The highest BCUT2D eigenvalue weighted by Gasteiger charge is 2.30. The molecule has 2 aromatic rings. The third-order valence-corrected chi connectivity index (χ3v) is 6.13. The largest absolute Gasteiger partial charge is 0.416 e. The first-order valence-electron chi connectivity index (χ1n) is 11.8. The number of aliphatic imine (C=N–C) groups is 1. The number of nitrogens with zero attached hydrogens (tertiary/aromatic N) is 2. The summed E-state index contributed by atoms with van der Waals surface area (Å²) in [5.41, 5.74) is 9.69. The third kappa shape index (κ3) is 7.19. The Morgan fingerprint density at radius 1 is 1.00 bits per heavy atom. The van der Waals surface area contributed by atoms with E-state index in [1.165, 1.54) is 25.0 Å². The molecule has 178 valence electrons. The second kappa shape index (κ2) is 11.5. The average molecular weight is 458 g/mol. The van der Waals surface area contributed by atoms with Gasteiger partial charge in [0, 0.05) is 30.5 Å². The van der Waals surface area contributed by atoms with Gasteiger partial charge >= 0.3 is 6.18 Å². The molecule has 0 aromatic heterocycles. The van der Waals surface area contributed by atoms with E-state index >= 15 is 0 Å². The summed E-state index contributed by atoms with van der Waals surface area (Å²) in [5.74, 6) is 0. The van der Waals surface area contributed by atoms with Crippen LogP contribution in [0.4, 0.5) is 18.9 Å². The van der Waals surface area contributed by atoms with Crippen LogP contribution in [-0.2, 0) is 6.18 Å². The van der Waals surface area contributed by atoms with E-state index in [-0.39, 0.29) is 6.04 Å². The van der Waals surface area contributed by atoms with Gasteiger partial charge in [0.25, 0.3) is 0 Å². The number of nitrogens with two attached hydrogens (primary N) is 1. The van der Waals surface area contributed by atoms with E-state index in [0.717, 1.165) is 85.5 Å². The first-order valence-corrected chi connectivity index (χ1v) is 11.8. The summed E-state index contributed by atoms with van der Waals surface area (Å²) in [5, 5.41) is 0. The lowest BCUT2D eigenvalue weighted by atomic mass is 10.0. The molecule has 1 fully saturated rings. The van der Waals surface area contributed by atoms with E-state index in [0.29, 0.717) is 0 Å². The maximum atomic E-state index is 13.0. The molecule has 0 aliphatic carbocycles. The van der Waals surface area contributed by atoms with E-state index in [1.807, 2.05) is 24.3 Å². The Morgan fingerprint density at radius 3 is 2.21 bits per heavy atom. The van der Waals surface area contributed by atoms with E-state index < -0.39 is 11.7 Å². The Kier molecular flexibility index (Phi) is 8.73. The molecule has 1 aliphatic heterocycles. The zero-order valence-corrected chi connectivity index (χ0v) is 19.4. The lowest BCUT2D eigenvalue weighted by Crippen LogP contribution is -2.25. The molecule has 33 heavy (non-hydrogen) atoms. The molecule has 1 atom stereocenters. The summed E-state index contributed by atoms with van der Waals surface area (Å²) in [7, 11) is 0. The van der Waals surface area contributed by atoms with Crippen molar-refractivity contribution >= 4 is 17.1 Å². The lowest BCUT2D eigenvalue weighted by molar-refractivity contribution is -0.137. The number of hydrogen-bond acceptors (Lipinski definition) is 3. The van der Waals surface area contributed by atoms with Gasteiger partial charge in [0.1, 0.15) is 0 Å². The van der Waals surface area contributed by atoms with Crippen molar-refractivity contribution in [3.8, 4) is 0 Å². The molecule has 1 saturated heterocycles. The van der Waals surface area contributed by atoms with E-state index in [9.17, 15) is 13.2 Å². The maximum Gasteiger partial charge on any atom is 0.416 e. The summed E-state index contributed by atoms with van der Waals surface area (Å²) >= 11 is 0. The molecule has 1 unspecified atom stereocenters. The maximum absolute atomic E-state index is 13.0. The van der Waals surface area contributed by atoms with E-state index in [2.05, 4.69) is 18.4 Å². The fourth-order valence-corrected chi connectivity index (χ4v) is 4.11. The molecular formula is C27H34F3N3. The highest BCUT2D eigenvalue weighted by molar-refractivity contribution is 6.02. The topological polar surface area (TPSA) is 41.6 Å². The molecule has 0 radical (unpaired) electrons. The predicted molar refractivity (Wildman–Crippen MR) is 131 cm³/mol. The minimum absolute atomic E-state index is 0.189. The van der Waals surface area contributed by atoms with Crippen LogP contribution >= 0.6 is 0 Å². The summed E-state index contributed by atoms with van der Waals surface area (Å²) in [4.78, 5) is 7.02. The molecule has 1 aliphatic rings. The minimum atomic E-state index is -4.34. The zero-order valence-electron chi connectivity index (χ0n) is 19.4. The number of alkyl halides is 3. The number of likely N-dealkylation sites (tertiary alicyclic amines) is 1. The Labute approximate surface area is 195 Å². The highest BCUT2D eigenvalue weighted by atomic mass is 19.4. The van der Waals surface area contributed by atoms with Gasteiger partial charge in [-0.1, -0.05) is 63.5 Å². The van der Waals surface area contributed by atoms with Crippen LogP contribution < -0.4 is 5.73 Å². The lowest BCUT2D eigenvalue weighted by Gasteiger charge is -2.21. The number of rotatable bonds is 10. The molecular weight excluding hydrogens is 423 g/mol. The van der Waals surface area contributed by atoms with Gasteiger partial charge in [0.2, 0.25) is 0 Å². The van der Waals surface area contributed by atoms with Gasteiger partial charge in [-0.05, 0) is 54.7 Å². The van der Waals surface area contributed by atoms with Crippen LogP contribution in [-0.4, -0.2) is 29.7 Å².